The van der Waals surface area contributed by atoms with E-state index in [1.54, 1.807) is 24.3 Å². The van der Waals surface area contributed by atoms with Crippen LogP contribution in [0.1, 0.15) is 18.1 Å². The van der Waals surface area contributed by atoms with E-state index in [4.69, 9.17) is 11.1 Å². The highest BCUT2D eigenvalue weighted by Gasteiger charge is 2.16. The average Bonchev–Trinajstić information content (AvgIpc) is 2.41. The molecular formula is C16H18FN3. The molecule has 0 saturated carbocycles. The predicted octanol–water partition coefficient (Wildman–Crippen LogP) is 3.58. The Hall–Kier alpha value is -2.36. The fourth-order valence-electron chi connectivity index (χ4n) is 2.23. The van der Waals surface area contributed by atoms with Crippen molar-refractivity contribution >= 4 is 17.2 Å². The van der Waals surface area contributed by atoms with Gasteiger partial charge in [-0.05, 0) is 43.7 Å². The molecule has 2 aromatic carbocycles. The molecule has 0 aliphatic heterocycles. The van der Waals surface area contributed by atoms with Crippen LogP contribution in [0.4, 0.5) is 15.8 Å². The van der Waals surface area contributed by atoms with E-state index in [2.05, 4.69) is 0 Å². The van der Waals surface area contributed by atoms with Crippen molar-refractivity contribution in [2.75, 3.05) is 11.4 Å². The van der Waals surface area contributed by atoms with Crippen LogP contribution in [0.3, 0.4) is 0 Å². The van der Waals surface area contributed by atoms with Gasteiger partial charge in [0.1, 0.15) is 11.7 Å². The average molecular weight is 271 g/mol. The summed E-state index contributed by atoms with van der Waals surface area (Å²) in [5.41, 5.74) is 8.53. The molecule has 3 N–H and O–H groups in total. The summed E-state index contributed by atoms with van der Waals surface area (Å²) in [6.45, 7) is 4.49. The summed E-state index contributed by atoms with van der Waals surface area (Å²) in [5, 5.41) is 7.69. The second-order valence-electron chi connectivity index (χ2n) is 4.63. The molecule has 0 aliphatic carbocycles. The molecule has 0 atom stereocenters. The molecule has 0 heterocycles. The SMILES string of the molecule is CCN(c1ccccc1F)c1cc(C)ccc1C(=N)N. The summed E-state index contributed by atoms with van der Waals surface area (Å²) < 4.78 is 14.0. The minimum atomic E-state index is -0.287. The van der Waals surface area contributed by atoms with Crippen molar-refractivity contribution in [3.63, 3.8) is 0 Å². The van der Waals surface area contributed by atoms with Crippen molar-refractivity contribution in [1.29, 1.82) is 5.41 Å². The molecule has 0 bridgehead atoms. The second-order valence-corrected chi connectivity index (χ2v) is 4.63. The highest BCUT2D eigenvalue weighted by molar-refractivity contribution is 6.01. The zero-order chi connectivity index (χ0) is 14.7. The zero-order valence-corrected chi connectivity index (χ0v) is 11.7. The van der Waals surface area contributed by atoms with E-state index < -0.39 is 0 Å². The molecule has 0 saturated heterocycles. The van der Waals surface area contributed by atoms with Gasteiger partial charge in [-0.15, -0.1) is 0 Å². The number of hydrogen-bond donors (Lipinski definition) is 2. The summed E-state index contributed by atoms with van der Waals surface area (Å²) >= 11 is 0. The molecule has 3 nitrogen and oxygen atoms in total. The van der Waals surface area contributed by atoms with E-state index >= 15 is 0 Å². The number of halogens is 1. The van der Waals surface area contributed by atoms with E-state index in [0.29, 0.717) is 17.8 Å². The fraction of sp³-hybridized carbons (Fsp3) is 0.188. The van der Waals surface area contributed by atoms with Gasteiger partial charge in [0.2, 0.25) is 0 Å². The Morgan fingerprint density at radius 3 is 2.50 bits per heavy atom. The quantitative estimate of drug-likeness (QED) is 0.659. The monoisotopic (exact) mass is 271 g/mol. The Morgan fingerprint density at radius 2 is 1.90 bits per heavy atom. The van der Waals surface area contributed by atoms with Gasteiger partial charge in [0.25, 0.3) is 0 Å². The first-order valence-electron chi connectivity index (χ1n) is 6.51. The maximum Gasteiger partial charge on any atom is 0.146 e. The smallest absolute Gasteiger partial charge is 0.146 e. The van der Waals surface area contributed by atoms with Crippen molar-refractivity contribution in [2.45, 2.75) is 13.8 Å². The third-order valence-corrected chi connectivity index (χ3v) is 3.19. The lowest BCUT2D eigenvalue weighted by Crippen LogP contribution is -2.22. The van der Waals surface area contributed by atoms with Crippen LogP contribution in [0, 0.1) is 18.2 Å². The Kier molecular flexibility index (Phi) is 4.03. The van der Waals surface area contributed by atoms with Gasteiger partial charge in [-0.2, -0.15) is 0 Å². The van der Waals surface area contributed by atoms with Gasteiger partial charge in [-0.3, -0.25) is 5.41 Å². The van der Waals surface area contributed by atoms with Gasteiger partial charge >= 0.3 is 0 Å². The summed E-state index contributed by atoms with van der Waals surface area (Å²) in [6.07, 6.45) is 0. The highest BCUT2D eigenvalue weighted by Crippen LogP contribution is 2.30. The Bertz CT molecular complexity index is 637. The molecule has 0 unspecified atom stereocenters. The topological polar surface area (TPSA) is 53.1 Å². The largest absolute Gasteiger partial charge is 0.384 e. The molecule has 4 heteroatoms. The lowest BCUT2D eigenvalue weighted by Gasteiger charge is -2.26. The Morgan fingerprint density at radius 1 is 1.20 bits per heavy atom. The number of para-hydroxylation sites is 1. The number of nitrogen functional groups attached to an aromatic ring is 1. The van der Waals surface area contributed by atoms with Crippen LogP contribution in [-0.4, -0.2) is 12.4 Å². The molecule has 0 spiro atoms. The molecule has 0 aliphatic rings. The van der Waals surface area contributed by atoms with Crippen LogP contribution in [0.2, 0.25) is 0 Å². The van der Waals surface area contributed by atoms with Crippen molar-refractivity contribution in [2.24, 2.45) is 5.73 Å². The van der Waals surface area contributed by atoms with Gasteiger partial charge in [-0.25, -0.2) is 4.39 Å². The van der Waals surface area contributed by atoms with Crippen LogP contribution in [-0.2, 0) is 0 Å². The molecule has 0 amide bonds. The summed E-state index contributed by atoms with van der Waals surface area (Å²) in [6, 6.07) is 12.2. The van der Waals surface area contributed by atoms with Gasteiger partial charge in [-0.1, -0.05) is 18.2 Å². The van der Waals surface area contributed by atoms with Crippen LogP contribution in [0.25, 0.3) is 0 Å². The first-order chi connectivity index (χ1) is 9.54. The van der Waals surface area contributed by atoms with Gasteiger partial charge < -0.3 is 10.6 Å². The number of nitrogens with two attached hydrogens (primary N) is 1. The fourth-order valence-corrected chi connectivity index (χ4v) is 2.23. The number of amidine groups is 1. The van der Waals surface area contributed by atoms with Crippen LogP contribution in [0.5, 0.6) is 0 Å². The lowest BCUT2D eigenvalue weighted by molar-refractivity contribution is 0.625. The highest BCUT2D eigenvalue weighted by atomic mass is 19.1. The number of benzene rings is 2. The second kappa shape index (κ2) is 5.74. The summed E-state index contributed by atoms with van der Waals surface area (Å²) in [4.78, 5) is 1.83. The number of aryl methyl sites for hydroxylation is 1. The van der Waals surface area contributed by atoms with Gasteiger partial charge in [0, 0.05) is 12.1 Å². The number of nitrogens with one attached hydrogen (secondary N) is 1. The molecular weight excluding hydrogens is 253 g/mol. The Labute approximate surface area is 118 Å². The lowest BCUT2D eigenvalue weighted by atomic mass is 10.1. The van der Waals surface area contributed by atoms with Crippen molar-refractivity contribution < 1.29 is 4.39 Å². The third kappa shape index (κ3) is 2.64. The Balaban J connectivity index is 2.60. The van der Waals surface area contributed by atoms with E-state index in [9.17, 15) is 4.39 Å². The predicted molar refractivity (Wildman–Crippen MR) is 81.3 cm³/mol. The maximum atomic E-state index is 14.0. The third-order valence-electron chi connectivity index (χ3n) is 3.19. The first kappa shape index (κ1) is 14.1. The van der Waals surface area contributed by atoms with Crippen LogP contribution in [0.15, 0.2) is 42.5 Å². The standard InChI is InChI=1S/C16H18FN3/c1-3-20(14-7-5-4-6-13(14)17)15-10-11(2)8-9-12(15)16(18)19/h4-10H,3H2,1-2H3,(H3,18,19). The summed E-state index contributed by atoms with van der Waals surface area (Å²) in [5.74, 6) is -0.305. The maximum absolute atomic E-state index is 14.0. The molecule has 2 aromatic rings. The van der Waals surface area contributed by atoms with Gasteiger partial charge in [0.05, 0.1) is 11.4 Å². The first-order valence-corrected chi connectivity index (χ1v) is 6.51. The number of hydrogen-bond acceptors (Lipinski definition) is 2. The minimum Gasteiger partial charge on any atom is -0.384 e. The molecule has 0 aromatic heterocycles. The van der Waals surface area contributed by atoms with Crippen molar-refractivity contribution in [1.82, 2.24) is 0 Å². The number of rotatable bonds is 4. The van der Waals surface area contributed by atoms with Crippen molar-refractivity contribution in [3.05, 3.63) is 59.4 Å². The molecule has 104 valence electrons. The van der Waals surface area contributed by atoms with Crippen LogP contribution < -0.4 is 10.6 Å². The van der Waals surface area contributed by atoms with E-state index in [-0.39, 0.29) is 11.7 Å². The molecule has 2 rings (SSSR count). The number of nitrogens with zero attached hydrogens (tertiary/aromatic N) is 1. The number of anilines is 2. The normalized spacial score (nSPS) is 10.3. The van der Waals surface area contributed by atoms with E-state index in [1.165, 1.54) is 6.07 Å². The van der Waals surface area contributed by atoms with Crippen molar-refractivity contribution in [3.8, 4) is 0 Å². The summed E-state index contributed by atoms with van der Waals surface area (Å²) in [7, 11) is 0. The van der Waals surface area contributed by atoms with E-state index in [1.807, 2.05) is 30.9 Å². The molecule has 20 heavy (non-hydrogen) atoms. The van der Waals surface area contributed by atoms with Gasteiger partial charge in [0.15, 0.2) is 0 Å². The van der Waals surface area contributed by atoms with Crippen LogP contribution >= 0.6 is 0 Å². The zero-order valence-electron chi connectivity index (χ0n) is 11.7. The van der Waals surface area contributed by atoms with E-state index in [0.717, 1.165) is 11.3 Å². The molecule has 0 radical (unpaired) electrons. The minimum absolute atomic E-state index is 0.0187. The molecule has 0 fully saturated rings.